The number of hydrogen-bond donors (Lipinski definition) is 2. The zero-order valence-corrected chi connectivity index (χ0v) is 79.5. The first-order chi connectivity index (χ1) is 64.3. The molecule has 0 aliphatic carbocycles. The maximum atomic E-state index is 12.7. The summed E-state index contributed by atoms with van der Waals surface area (Å²) < 4.78 is 116. The molecule has 15 aliphatic rings. The Labute approximate surface area is 801 Å². The molecule has 0 unspecified atom stereocenters. The number of esters is 3. The second-order valence-corrected chi connectivity index (χ2v) is 34.7. The molecule has 710 valence electrons. The molecule has 15 aliphatic heterocycles. The highest BCUT2D eigenvalue weighted by Gasteiger charge is 2.50. The second kappa shape index (κ2) is 38.0. The van der Waals surface area contributed by atoms with Crippen molar-refractivity contribution in [3.63, 3.8) is 0 Å². The number of rotatable bonds is 11. The lowest BCUT2D eigenvalue weighted by Crippen LogP contribution is -2.39. The summed E-state index contributed by atoms with van der Waals surface area (Å²) in [5, 5.41) is 20.4. The summed E-state index contributed by atoms with van der Waals surface area (Å²) in [5.41, 5.74) is 20.7. The van der Waals surface area contributed by atoms with Crippen molar-refractivity contribution < 1.29 is 124 Å². The molecule has 0 radical (unpaired) electrons. The maximum Gasteiger partial charge on any atom is 0.343 e. The van der Waals surface area contributed by atoms with Crippen LogP contribution < -0.4 is 85.3 Å². The van der Waals surface area contributed by atoms with Crippen molar-refractivity contribution >= 4 is 58.4 Å². The van der Waals surface area contributed by atoms with Crippen LogP contribution in [0.3, 0.4) is 0 Å². The van der Waals surface area contributed by atoms with Gasteiger partial charge < -0.3 is 110 Å². The average Bonchev–Trinajstić information content (AvgIpc) is 1.64. The summed E-state index contributed by atoms with van der Waals surface area (Å²) in [6.45, 7) is 7.05. The summed E-state index contributed by atoms with van der Waals surface area (Å²) in [5.74, 6) is 11.3. The van der Waals surface area contributed by atoms with Crippen molar-refractivity contribution in [1.82, 2.24) is 24.5 Å². The van der Waals surface area contributed by atoms with Gasteiger partial charge in [0.15, 0.2) is 115 Å². The Balaban J connectivity index is 0.000000112. The molecule has 135 heavy (non-hydrogen) atoms. The van der Waals surface area contributed by atoms with Gasteiger partial charge in [-0.2, -0.15) is 40.5 Å². The monoisotopic (exact) mass is 1900 g/mol. The van der Waals surface area contributed by atoms with Gasteiger partial charge in [-0.05, 0) is 224 Å². The predicted octanol–water partition coefficient (Wildman–Crippen LogP) is 14.5. The van der Waals surface area contributed by atoms with Crippen LogP contribution in [0.25, 0.3) is 0 Å². The van der Waals surface area contributed by atoms with E-state index in [1.807, 2.05) is 85.9 Å². The molecule has 0 bridgehead atoms. The highest BCUT2D eigenvalue weighted by Crippen LogP contribution is 2.58. The minimum Gasteiger partial charge on any atom is -0.504 e. The average molecular weight is 1900 g/mol. The molecule has 0 spiro atoms. The molecule has 10 aromatic carbocycles. The summed E-state index contributed by atoms with van der Waals surface area (Å²) in [6.07, 6.45) is 5.14. The van der Waals surface area contributed by atoms with Crippen molar-refractivity contribution in [3.8, 4) is 115 Å². The molecule has 0 amide bonds. The van der Waals surface area contributed by atoms with Gasteiger partial charge >= 0.3 is 17.9 Å². The maximum absolute atomic E-state index is 12.7. The number of methoxy groups -OCH3 is 8. The minimum absolute atomic E-state index is 0. The fourth-order valence-corrected chi connectivity index (χ4v) is 21.7. The van der Waals surface area contributed by atoms with Crippen LogP contribution in [0.1, 0.15) is 174 Å². The molecule has 0 saturated heterocycles. The van der Waals surface area contributed by atoms with E-state index in [4.69, 9.17) is 99.5 Å². The number of phenols is 2. The molecule has 10 aromatic rings. The van der Waals surface area contributed by atoms with E-state index in [1.165, 1.54) is 62.7 Å². The van der Waals surface area contributed by atoms with Gasteiger partial charge in [0.05, 0.1) is 75.0 Å². The molecule has 0 saturated carbocycles. The van der Waals surface area contributed by atoms with E-state index in [0.717, 1.165) is 187 Å². The van der Waals surface area contributed by atoms with Crippen molar-refractivity contribution in [2.75, 3.05) is 145 Å². The largest absolute Gasteiger partial charge is 0.504 e. The lowest BCUT2D eigenvalue weighted by atomic mass is 9.83. The molecule has 25 rings (SSSR count). The number of nitrogens with zero attached hydrogens (tertiary/aromatic N) is 5. The lowest BCUT2D eigenvalue weighted by Gasteiger charge is -2.42. The van der Waals surface area contributed by atoms with Gasteiger partial charge in [0.25, 0.3) is 0 Å². The molecule has 31 nitrogen and oxygen atoms in total. The van der Waals surface area contributed by atoms with Crippen LogP contribution in [-0.4, -0.2) is 197 Å². The second-order valence-electron chi connectivity index (χ2n) is 34.7. The molecule has 8 atom stereocenters. The predicted molar refractivity (Wildman–Crippen MR) is 505 cm³/mol. The molecular weight excluding hydrogens is 1800 g/mol. The molecule has 0 aromatic heterocycles. The number of hydrogen-bond acceptors (Lipinski definition) is 31. The van der Waals surface area contributed by atoms with E-state index in [-0.39, 0.29) is 116 Å². The van der Waals surface area contributed by atoms with E-state index in [1.54, 1.807) is 55.8 Å². The zero-order chi connectivity index (χ0) is 90.8. The number of phenolic OH excluding ortho intramolecular Hbond substituents is 2. The molecular formula is C101H107N5O26S3. The lowest BCUT2D eigenvalue weighted by molar-refractivity contribution is 0.00857. The molecule has 15 heterocycles. The zero-order valence-electron chi connectivity index (χ0n) is 76.5. The third-order valence-electron chi connectivity index (χ3n) is 28.2. The van der Waals surface area contributed by atoms with E-state index < -0.39 is 24.3 Å². The topological polar surface area (TPSA) is 302 Å². The highest BCUT2D eigenvalue weighted by atomic mass is 32.1. The third-order valence-corrected chi connectivity index (χ3v) is 28.2. The van der Waals surface area contributed by atoms with Crippen molar-refractivity contribution in [1.29, 1.82) is 0 Å². The Kier molecular flexibility index (Phi) is 26.1. The number of carbonyl (C=O) groups is 3. The first kappa shape index (κ1) is 92.9. The Hall–Kier alpha value is -12.5. The van der Waals surface area contributed by atoms with E-state index >= 15 is 0 Å². The number of likely N-dealkylation sites (N-methyl/N-ethyl adjacent to an activating group) is 3. The van der Waals surface area contributed by atoms with Gasteiger partial charge in [-0.1, -0.05) is 30.3 Å². The number of carbonyl (C=O) groups excluding carboxylic acids is 3. The Morgan fingerprint density at radius 2 is 0.607 bits per heavy atom. The molecule has 0 fully saturated rings. The van der Waals surface area contributed by atoms with Crippen LogP contribution >= 0.6 is 40.5 Å². The van der Waals surface area contributed by atoms with Gasteiger partial charge in [0, 0.05) is 85.7 Å². The Morgan fingerprint density at radius 3 is 1.00 bits per heavy atom. The van der Waals surface area contributed by atoms with Gasteiger partial charge in [-0.25, -0.2) is 14.4 Å². The minimum atomic E-state index is -0.487. The SMILES string of the molecule is CN1CCc2cc3c(cc2[C@H]1[C@@H]1OC(=O)c2c1ccc1c2OCO1)OCO3.CN1CCc2cc3c(cc2[C@H]1[C@@H]1OC(=O)c2c1ccc1c2OCO1)OCO3.COc1cc2c(cc1O)CCN1Cc3c(ccc(OC)c3OC)C[C@H]21.COc1cc2c(cc1O)[C@@H]([C@@H]1OC(=O)c3c1ccc1c3OCO1)N(C)CC2.COc1cc2c(cc1OC)[C@H]1Cc3ccc(OC)c(OC)c3CN1CC2.S.S.S. The fourth-order valence-electron chi connectivity index (χ4n) is 21.7. The summed E-state index contributed by atoms with van der Waals surface area (Å²) in [4.78, 5) is 49.5. The fraction of sp³-hybridized carbons (Fsp3) is 0.376. The molecule has 2 N–H and O–H groups in total. The van der Waals surface area contributed by atoms with Crippen molar-refractivity contribution in [2.24, 2.45) is 0 Å². The van der Waals surface area contributed by atoms with Gasteiger partial charge in [0.2, 0.25) is 34.0 Å². The number of fused-ring (bicyclic) bond motifs is 22. The van der Waals surface area contributed by atoms with Crippen LogP contribution in [0, 0.1) is 0 Å². The standard InChI is InChI=1S/C21H25NO4.2C20H17NO6.C20H19NO6.C20H23NO4.3H2S/c1-23-18-6-5-13-9-17-15-11-20(25-3)19(24-2)10-14(15)7-8-22(17)12-16(13)21(18)26-4;2*1-21-5-4-10-6-14-15(25-8-24-14)7-12(10)17(21)18-11-2-3-13-19(26-9-23-13)16(11)20(22)27-18;1-21-6-5-10-7-15(24-2)13(22)8-12(10)17(21)18-11-3-4-14-19(26-9-25-14)16(11)20(23)27-18;1-23-18-5-4-12-8-16-14-10-19(24-2)17(22)9-13(14)6-7-21(16)11-15(12)20(18)25-3;;;/h5-6,10-11,17H,7-9,12H2,1-4H3;2*2-3,6-7,17-18H,4-5,8-9H2,1H3;3-4,7-8,17-18,22H,5-6,9H2,1-2H3;4-5,9-10,16,22H,6-8,11H2,1-3H3;3*1H2/t17-;3*17-,18+;16-;;;/m10001.../s1. The first-order valence-electron chi connectivity index (χ1n) is 44.2. The highest BCUT2D eigenvalue weighted by molar-refractivity contribution is 7.59. The van der Waals surface area contributed by atoms with Crippen LogP contribution in [0.2, 0.25) is 0 Å². The van der Waals surface area contributed by atoms with E-state index in [9.17, 15) is 24.6 Å². The number of aromatic hydroxyl groups is 2. The number of ether oxygens (including phenoxy) is 21. The van der Waals surface area contributed by atoms with E-state index in [0.29, 0.717) is 74.8 Å². The first-order valence-corrected chi connectivity index (χ1v) is 44.2. The smallest absolute Gasteiger partial charge is 0.343 e. The van der Waals surface area contributed by atoms with Gasteiger partial charge in [-0.3, -0.25) is 24.5 Å². The Bertz CT molecular complexity index is 6160. The Morgan fingerprint density at radius 1 is 0.296 bits per heavy atom. The van der Waals surface area contributed by atoms with Gasteiger partial charge in [0.1, 0.15) is 35.0 Å². The van der Waals surface area contributed by atoms with Crippen molar-refractivity contribution in [3.05, 3.63) is 233 Å². The van der Waals surface area contributed by atoms with Crippen LogP contribution in [-0.2, 0) is 72.2 Å². The van der Waals surface area contributed by atoms with Crippen molar-refractivity contribution in [2.45, 2.75) is 107 Å². The van der Waals surface area contributed by atoms with Crippen LogP contribution in [0.4, 0.5) is 0 Å². The van der Waals surface area contributed by atoms with Crippen LogP contribution in [0.15, 0.2) is 121 Å². The molecule has 34 heteroatoms. The number of cyclic esters (lactones) is 3. The summed E-state index contributed by atoms with van der Waals surface area (Å²) in [6, 6.07) is 39.6. The third kappa shape index (κ3) is 16.2. The summed E-state index contributed by atoms with van der Waals surface area (Å²) >= 11 is 0. The van der Waals surface area contributed by atoms with Crippen LogP contribution in [0.5, 0.6) is 115 Å². The summed E-state index contributed by atoms with van der Waals surface area (Å²) in [7, 11) is 19.4. The quantitative estimate of drug-likeness (QED) is 0.0898. The normalized spacial score (nSPS) is 21.4. The number of benzene rings is 10. The van der Waals surface area contributed by atoms with Gasteiger partial charge in [-0.15, -0.1) is 0 Å². The van der Waals surface area contributed by atoms with E-state index in [2.05, 4.69) is 75.0 Å².